The smallest absolute Gasteiger partial charge is 0.295 e. The number of carbonyl (C=O) groups is 2. The molecule has 8 nitrogen and oxygen atoms in total. The third kappa shape index (κ3) is 4.74. The van der Waals surface area contributed by atoms with Crippen LogP contribution < -0.4 is 4.74 Å². The summed E-state index contributed by atoms with van der Waals surface area (Å²) < 4.78 is 24.5. The molecular formula is C24H26FN3O5. The molecule has 1 N–H and O–H groups in total. The van der Waals surface area contributed by atoms with Gasteiger partial charge in [-0.3, -0.25) is 19.5 Å². The van der Waals surface area contributed by atoms with E-state index >= 15 is 0 Å². The van der Waals surface area contributed by atoms with Gasteiger partial charge in [-0.2, -0.15) is 0 Å². The molecule has 3 heterocycles. The van der Waals surface area contributed by atoms with Crippen LogP contribution in [-0.2, 0) is 14.3 Å². The van der Waals surface area contributed by atoms with Crippen LogP contribution in [-0.4, -0.2) is 78.1 Å². The predicted octanol–water partition coefficient (Wildman–Crippen LogP) is 2.37. The number of rotatable bonds is 7. The van der Waals surface area contributed by atoms with E-state index in [9.17, 15) is 19.1 Å². The maximum atomic E-state index is 14.3. The molecule has 2 fully saturated rings. The molecule has 0 aliphatic carbocycles. The van der Waals surface area contributed by atoms with Crippen molar-refractivity contribution in [2.45, 2.75) is 12.5 Å². The summed E-state index contributed by atoms with van der Waals surface area (Å²) in [4.78, 5) is 34.0. The number of methoxy groups -OCH3 is 1. The third-order valence-corrected chi connectivity index (χ3v) is 5.91. The first kappa shape index (κ1) is 22.9. The Kier molecular flexibility index (Phi) is 7.00. The van der Waals surface area contributed by atoms with Crippen molar-refractivity contribution in [1.82, 2.24) is 14.8 Å². The molecule has 0 unspecified atom stereocenters. The van der Waals surface area contributed by atoms with Gasteiger partial charge in [-0.1, -0.05) is 6.07 Å². The summed E-state index contributed by atoms with van der Waals surface area (Å²) in [6, 6.07) is 8.21. The van der Waals surface area contributed by atoms with Gasteiger partial charge in [-0.25, -0.2) is 4.39 Å². The van der Waals surface area contributed by atoms with E-state index in [1.807, 2.05) is 0 Å². The number of aliphatic hydroxyl groups excluding tert-OH is 1. The molecule has 0 spiro atoms. The van der Waals surface area contributed by atoms with Gasteiger partial charge in [0, 0.05) is 37.9 Å². The SMILES string of the molecule is COc1ccc(C(O)=C2C(=O)C(=O)N(CCCN3CCOCC3)[C@H]2c2ccccn2)cc1F. The van der Waals surface area contributed by atoms with E-state index in [2.05, 4.69) is 9.88 Å². The topological polar surface area (TPSA) is 92.2 Å². The number of carbonyl (C=O) groups excluding carboxylic acids is 2. The van der Waals surface area contributed by atoms with Gasteiger partial charge in [0.25, 0.3) is 11.7 Å². The maximum absolute atomic E-state index is 14.3. The number of amides is 1. The number of aromatic nitrogens is 1. The molecule has 4 rings (SSSR count). The van der Waals surface area contributed by atoms with Crippen LogP contribution in [0.1, 0.15) is 23.7 Å². The molecule has 174 valence electrons. The number of halogens is 1. The monoisotopic (exact) mass is 455 g/mol. The first-order chi connectivity index (χ1) is 16.0. The van der Waals surface area contributed by atoms with Gasteiger partial charge in [-0.05, 0) is 36.8 Å². The molecule has 0 radical (unpaired) electrons. The Morgan fingerprint density at radius 2 is 2.00 bits per heavy atom. The Balaban J connectivity index is 1.66. The van der Waals surface area contributed by atoms with Crippen molar-refractivity contribution < 1.29 is 28.6 Å². The molecule has 1 amide bonds. The number of Topliss-reactive ketones (excluding diaryl/α,β-unsaturated/α-hetero) is 1. The summed E-state index contributed by atoms with van der Waals surface area (Å²) in [5.41, 5.74) is 0.439. The van der Waals surface area contributed by atoms with Crippen LogP contribution >= 0.6 is 0 Å². The van der Waals surface area contributed by atoms with Crippen LogP contribution in [0, 0.1) is 5.82 Å². The molecule has 2 aliphatic heterocycles. The van der Waals surface area contributed by atoms with E-state index in [1.54, 1.807) is 24.4 Å². The second-order valence-corrected chi connectivity index (χ2v) is 7.90. The largest absolute Gasteiger partial charge is 0.507 e. The van der Waals surface area contributed by atoms with Crippen molar-refractivity contribution in [3.63, 3.8) is 0 Å². The summed E-state index contributed by atoms with van der Waals surface area (Å²) in [7, 11) is 1.33. The fourth-order valence-electron chi connectivity index (χ4n) is 4.21. The Labute approximate surface area is 191 Å². The summed E-state index contributed by atoms with van der Waals surface area (Å²) in [5.74, 6) is -2.64. The zero-order chi connectivity index (χ0) is 23.4. The summed E-state index contributed by atoms with van der Waals surface area (Å²) >= 11 is 0. The van der Waals surface area contributed by atoms with Crippen molar-refractivity contribution >= 4 is 17.4 Å². The number of aliphatic hydroxyl groups is 1. The number of pyridine rings is 1. The van der Waals surface area contributed by atoms with Gasteiger partial charge in [-0.15, -0.1) is 0 Å². The van der Waals surface area contributed by atoms with Crippen LogP contribution in [0.25, 0.3) is 5.76 Å². The van der Waals surface area contributed by atoms with Crippen molar-refractivity contribution in [3.05, 3.63) is 65.2 Å². The highest BCUT2D eigenvalue weighted by Gasteiger charge is 2.46. The summed E-state index contributed by atoms with van der Waals surface area (Å²) in [6.45, 7) is 4.08. The number of ether oxygens (including phenoxy) is 2. The minimum absolute atomic E-state index is 0.0105. The molecule has 1 atom stereocenters. The van der Waals surface area contributed by atoms with Crippen molar-refractivity contribution in [2.75, 3.05) is 46.5 Å². The molecule has 0 bridgehead atoms. The first-order valence-electron chi connectivity index (χ1n) is 10.8. The zero-order valence-corrected chi connectivity index (χ0v) is 18.4. The molecule has 1 aromatic heterocycles. The fraction of sp³-hybridized carbons (Fsp3) is 0.375. The van der Waals surface area contributed by atoms with Gasteiger partial charge in [0.1, 0.15) is 11.8 Å². The second-order valence-electron chi connectivity index (χ2n) is 7.90. The van der Waals surface area contributed by atoms with Crippen LogP contribution in [0.15, 0.2) is 48.2 Å². The van der Waals surface area contributed by atoms with Gasteiger partial charge < -0.3 is 19.5 Å². The molecule has 0 saturated carbocycles. The number of morpholine rings is 1. The summed E-state index contributed by atoms with van der Waals surface area (Å²) in [5, 5.41) is 11.0. The lowest BCUT2D eigenvalue weighted by Gasteiger charge is -2.28. The van der Waals surface area contributed by atoms with E-state index in [0.717, 1.165) is 25.7 Å². The quantitative estimate of drug-likeness (QED) is 0.389. The molecule has 2 saturated heterocycles. The lowest BCUT2D eigenvalue weighted by molar-refractivity contribution is -0.140. The van der Waals surface area contributed by atoms with Crippen LogP contribution in [0.5, 0.6) is 5.75 Å². The molecule has 2 aliphatic rings. The van der Waals surface area contributed by atoms with Crippen LogP contribution in [0.4, 0.5) is 4.39 Å². The molecule has 33 heavy (non-hydrogen) atoms. The van der Waals surface area contributed by atoms with E-state index in [0.29, 0.717) is 31.9 Å². The highest BCUT2D eigenvalue weighted by molar-refractivity contribution is 6.46. The van der Waals surface area contributed by atoms with Gasteiger partial charge in [0.15, 0.2) is 11.6 Å². The normalized spacial score (nSPS) is 20.9. The van der Waals surface area contributed by atoms with E-state index < -0.39 is 29.3 Å². The zero-order valence-electron chi connectivity index (χ0n) is 18.4. The number of likely N-dealkylation sites (tertiary alicyclic amines) is 1. The third-order valence-electron chi connectivity index (χ3n) is 5.91. The predicted molar refractivity (Wildman–Crippen MR) is 118 cm³/mol. The molecule has 1 aromatic carbocycles. The lowest BCUT2D eigenvalue weighted by atomic mass is 9.98. The number of hydrogen-bond donors (Lipinski definition) is 1. The highest BCUT2D eigenvalue weighted by Crippen LogP contribution is 2.39. The highest BCUT2D eigenvalue weighted by atomic mass is 19.1. The number of hydrogen-bond acceptors (Lipinski definition) is 7. The molecule has 2 aromatic rings. The standard InChI is InChI=1S/C24H26FN3O5/c1-32-19-7-6-16(15-17(19)25)22(29)20-21(18-5-2-3-8-26-18)28(24(31)23(20)30)10-4-9-27-11-13-33-14-12-27/h2-3,5-8,15,21,29H,4,9-14H2,1H3/t21-/m0/s1. The average molecular weight is 455 g/mol. The second kappa shape index (κ2) is 10.1. The summed E-state index contributed by atoms with van der Waals surface area (Å²) in [6.07, 6.45) is 2.21. The van der Waals surface area contributed by atoms with E-state index in [4.69, 9.17) is 9.47 Å². The Morgan fingerprint density at radius 1 is 1.21 bits per heavy atom. The van der Waals surface area contributed by atoms with Crippen LogP contribution in [0.3, 0.4) is 0 Å². The Morgan fingerprint density at radius 3 is 2.67 bits per heavy atom. The number of nitrogens with zero attached hydrogens (tertiary/aromatic N) is 3. The van der Waals surface area contributed by atoms with E-state index in [-0.39, 0.29) is 16.9 Å². The van der Waals surface area contributed by atoms with Crippen molar-refractivity contribution in [3.8, 4) is 5.75 Å². The minimum Gasteiger partial charge on any atom is -0.507 e. The van der Waals surface area contributed by atoms with Gasteiger partial charge in [0.2, 0.25) is 0 Å². The lowest BCUT2D eigenvalue weighted by Crippen LogP contribution is -2.39. The van der Waals surface area contributed by atoms with Crippen molar-refractivity contribution in [2.24, 2.45) is 0 Å². The van der Waals surface area contributed by atoms with Gasteiger partial charge in [0.05, 0.1) is 31.6 Å². The Bertz CT molecular complexity index is 1050. The van der Waals surface area contributed by atoms with Gasteiger partial charge >= 0.3 is 0 Å². The molecule has 9 heteroatoms. The first-order valence-corrected chi connectivity index (χ1v) is 10.8. The van der Waals surface area contributed by atoms with Crippen molar-refractivity contribution in [1.29, 1.82) is 0 Å². The minimum atomic E-state index is -0.860. The van der Waals surface area contributed by atoms with E-state index in [1.165, 1.54) is 24.1 Å². The Hall–Kier alpha value is -3.30. The van der Waals surface area contributed by atoms with Crippen LogP contribution in [0.2, 0.25) is 0 Å². The number of ketones is 1. The number of benzene rings is 1. The maximum Gasteiger partial charge on any atom is 0.295 e. The fourth-order valence-corrected chi connectivity index (χ4v) is 4.21. The average Bonchev–Trinajstić information content (AvgIpc) is 3.10. The molecular weight excluding hydrogens is 429 g/mol.